The molecule has 0 aliphatic carbocycles. The van der Waals surface area contributed by atoms with Gasteiger partial charge in [0.15, 0.2) is 0 Å². The van der Waals surface area contributed by atoms with E-state index in [2.05, 4.69) is 5.32 Å². The molecule has 2 aromatic rings. The molecule has 1 nitrogen and oxygen atoms in total. The minimum Gasteiger partial charge on any atom is -0.309 e. The molecule has 0 spiro atoms. The molecular formula is C14H13ClFN. The van der Waals surface area contributed by atoms with Gasteiger partial charge in [-0.05, 0) is 23.8 Å². The zero-order valence-electron chi connectivity index (χ0n) is 9.29. The maximum atomic E-state index is 13.3. The van der Waals surface area contributed by atoms with Crippen molar-refractivity contribution in [2.75, 3.05) is 0 Å². The van der Waals surface area contributed by atoms with Gasteiger partial charge < -0.3 is 5.32 Å². The third-order valence-corrected chi connectivity index (χ3v) is 2.77. The maximum absolute atomic E-state index is 13.3. The van der Waals surface area contributed by atoms with Gasteiger partial charge in [0.05, 0.1) is 0 Å². The van der Waals surface area contributed by atoms with E-state index in [1.54, 1.807) is 12.1 Å². The first kappa shape index (κ1) is 12.1. The molecule has 0 atom stereocenters. The molecule has 2 aromatic carbocycles. The van der Waals surface area contributed by atoms with Crippen LogP contribution >= 0.6 is 11.6 Å². The quantitative estimate of drug-likeness (QED) is 0.870. The molecule has 1 N–H and O–H groups in total. The number of halogens is 2. The predicted molar refractivity (Wildman–Crippen MR) is 68.4 cm³/mol. The Morgan fingerprint density at radius 3 is 2.35 bits per heavy atom. The molecule has 0 heterocycles. The first-order valence-electron chi connectivity index (χ1n) is 5.44. The van der Waals surface area contributed by atoms with Crippen molar-refractivity contribution in [1.29, 1.82) is 0 Å². The Bertz CT molecular complexity index is 482. The van der Waals surface area contributed by atoms with Crippen LogP contribution in [0, 0.1) is 5.82 Å². The van der Waals surface area contributed by atoms with Crippen molar-refractivity contribution in [2.45, 2.75) is 13.1 Å². The number of benzene rings is 2. The third kappa shape index (κ3) is 3.55. The van der Waals surface area contributed by atoms with Crippen LogP contribution in [0.5, 0.6) is 0 Å². The van der Waals surface area contributed by atoms with Crippen LogP contribution in [0.2, 0.25) is 5.02 Å². The lowest BCUT2D eigenvalue weighted by Crippen LogP contribution is -2.13. The van der Waals surface area contributed by atoms with Crippen LogP contribution in [-0.4, -0.2) is 0 Å². The van der Waals surface area contributed by atoms with Crippen LogP contribution in [0.4, 0.5) is 4.39 Å². The fourth-order valence-electron chi connectivity index (χ4n) is 1.59. The molecule has 0 saturated heterocycles. The molecule has 3 heteroatoms. The molecule has 0 aliphatic heterocycles. The van der Waals surface area contributed by atoms with Crippen LogP contribution in [0.3, 0.4) is 0 Å². The van der Waals surface area contributed by atoms with E-state index >= 15 is 0 Å². The SMILES string of the molecule is Fc1ccccc1CNCc1ccc(Cl)cc1. The summed E-state index contributed by atoms with van der Waals surface area (Å²) >= 11 is 5.79. The molecule has 0 unspecified atom stereocenters. The summed E-state index contributed by atoms with van der Waals surface area (Å²) in [4.78, 5) is 0. The van der Waals surface area contributed by atoms with Crippen LogP contribution in [0.15, 0.2) is 48.5 Å². The van der Waals surface area contributed by atoms with Gasteiger partial charge in [0.1, 0.15) is 5.82 Å². The van der Waals surface area contributed by atoms with Gasteiger partial charge in [-0.15, -0.1) is 0 Å². The molecule has 0 radical (unpaired) electrons. The lowest BCUT2D eigenvalue weighted by atomic mass is 10.2. The largest absolute Gasteiger partial charge is 0.309 e. The summed E-state index contributed by atoms with van der Waals surface area (Å²) in [6, 6.07) is 14.4. The van der Waals surface area contributed by atoms with Crippen molar-refractivity contribution >= 4 is 11.6 Å². The Morgan fingerprint density at radius 1 is 0.941 bits per heavy atom. The fraction of sp³-hybridized carbons (Fsp3) is 0.143. The van der Waals surface area contributed by atoms with E-state index < -0.39 is 0 Å². The molecule has 0 aliphatic rings. The van der Waals surface area contributed by atoms with E-state index in [1.165, 1.54) is 6.07 Å². The minimum atomic E-state index is -0.170. The molecule has 0 amide bonds. The zero-order chi connectivity index (χ0) is 12.1. The third-order valence-electron chi connectivity index (χ3n) is 2.52. The maximum Gasteiger partial charge on any atom is 0.127 e. The monoisotopic (exact) mass is 249 g/mol. The van der Waals surface area contributed by atoms with Gasteiger partial charge in [-0.2, -0.15) is 0 Å². The van der Waals surface area contributed by atoms with Gasteiger partial charge in [0, 0.05) is 23.7 Å². The smallest absolute Gasteiger partial charge is 0.127 e. The number of rotatable bonds is 4. The van der Waals surface area contributed by atoms with Crippen molar-refractivity contribution in [1.82, 2.24) is 5.32 Å². The molecular weight excluding hydrogens is 237 g/mol. The second kappa shape index (κ2) is 5.80. The Balaban J connectivity index is 1.88. The summed E-state index contributed by atoms with van der Waals surface area (Å²) in [5.74, 6) is -0.170. The van der Waals surface area contributed by atoms with E-state index in [-0.39, 0.29) is 5.82 Å². The van der Waals surface area contributed by atoms with Gasteiger partial charge in [-0.25, -0.2) is 4.39 Å². The Kier molecular flexibility index (Phi) is 4.13. The van der Waals surface area contributed by atoms with Crippen LogP contribution < -0.4 is 5.32 Å². The van der Waals surface area contributed by atoms with E-state index in [0.29, 0.717) is 18.7 Å². The Hall–Kier alpha value is -1.38. The summed E-state index contributed by atoms with van der Waals surface area (Å²) in [5.41, 5.74) is 1.81. The first-order valence-corrected chi connectivity index (χ1v) is 5.82. The van der Waals surface area contributed by atoms with Crippen molar-refractivity contribution < 1.29 is 4.39 Å². The van der Waals surface area contributed by atoms with E-state index in [9.17, 15) is 4.39 Å². The van der Waals surface area contributed by atoms with Gasteiger partial charge in [0.2, 0.25) is 0 Å². The molecule has 0 fully saturated rings. The first-order chi connectivity index (χ1) is 8.25. The van der Waals surface area contributed by atoms with Crippen molar-refractivity contribution in [3.8, 4) is 0 Å². The van der Waals surface area contributed by atoms with Crippen molar-refractivity contribution in [3.63, 3.8) is 0 Å². The van der Waals surface area contributed by atoms with Gasteiger partial charge >= 0.3 is 0 Å². The highest BCUT2D eigenvalue weighted by Gasteiger charge is 1.99. The molecule has 0 bridgehead atoms. The molecule has 0 saturated carbocycles. The Labute approximate surface area is 105 Å². The fourth-order valence-corrected chi connectivity index (χ4v) is 1.71. The van der Waals surface area contributed by atoms with Crippen LogP contribution in [0.1, 0.15) is 11.1 Å². The van der Waals surface area contributed by atoms with Crippen LogP contribution in [0.25, 0.3) is 0 Å². The van der Waals surface area contributed by atoms with E-state index in [1.807, 2.05) is 30.3 Å². The Morgan fingerprint density at radius 2 is 1.65 bits per heavy atom. The lowest BCUT2D eigenvalue weighted by Gasteiger charge is -2.06. The molecule has 17 heavy (non-hydrogen) atoms. The second-order valence-electron chi connectivity index (χ2n) is 3.82. The summed E-state index contributed by atoms with van der Waals surface area (Å²) in [7, 11) is 0. The topological polar surface area (TPSA) is 12.0 Å². The number of nitrogens with one attached hydrogen (secondary N) is 1. The molecule has 2 rings (SSSR count). The second-order valence-corrected chi connectivity index (χ2v) is 4.26. The average molecular weight is 250 g/mol. The summed E-state index contributed by atoms with van der Waals surface area (Å²) in [6.07, 6.45) is 0. The van der Waals surface area contributed by atoms with Gasteiger partial charge in [-0.3, -0.25) is 0 Å². The minimum absolute atomic E-state index is 0.170. The average Bonchev–Trinajstić information content (AvgIpc) is 2.34. The molecule has 88 valence electrons. The lowest BCUT2D eigenvalue weighted by molar-refractivity contribution is 0.588. The van der Waals surface area contributed by atoms with Crippen molar-refractivity contribution in [2.24, 2.45) is 0 Å². The molecule has 0 aromatic heterocycles. The van der Waals surface area contributed by atoms with Crippen molar-refractivity contribution in [3.05, 3.63) is 70.5 Å². The highest BCUT2D eigenvalue weighted by molar-refractivity contribution is 6.30. The summed E-state index contributed by atoms with van der Waals surface area (Å²) < 4.78 is 13.3. The standard InChI is InChI=1S/C14H13ClFN/c15-13-7-5-11(6-8-13)9-17-10-12-3-1-2-4-14(12)16/h1-8,17H,9-10H2. The summed E-state index contributed by atoms with van der Waals surface area (Å²) in [6.45, 7) is 1.22. The zero-order valence-corrected chi connectivity index (χ0v) is 10.0. The van der Waals surface area contributed by atoms with E-state index in [4.69, 9.17) is 11.6 Å². The van der Waals surface area contributed by atoms with Gasteiger partial charge in [0.25, 0.3) is 0 Å². The van der Waals surface area contributed by atoms with E-state index in [0.717, 1.165) is 10.6 Å². The normalized spacial score (nSPS) is 10.5. The summed E-state index contributed by atoms with van der Waals surface area (Å²) in [5, 5.41) is 3.92. The van der Waals surface area contributed by atoms with Gasteiger partial charge in [-0.1, -0.05) is 41.9 Å². The van der Waals surface area contributed by atoms with Crippen LogP contribution in [-0.2, 0) is 13.1 Å². The highest BCUT2D eigenvalue weighted by Crippen LogP contribution is 2.10. The number of hydrogen-bond acceptors (Lipinski definition) is 1. The highest BCUT2D eigenvalue weighted by atomic mass is 35.5. The number of hydrogen-bond donors (Lipinski definition) is 1. The predicted octanol–water partition coefficient (Wildman–Crippen LogP) is 3.77.